The topological polar surface area (TPSA) is 123 Å². The summed E-state index contributed by atoms with van der Waals surface area (Å²) in [5.74, 6) is -4.72. The summed E-state index contributed by atoms with van der Waals surface area (Å²) >= 11 is 0. The molecular weight excluding hydrogens is 152 g/mol. The van der Waals surface area contributed by atoms with Gasteiger partial charge in [-0.25, -0.2) is 0 Å². The number of carboxylic acid groups (broad SMARTS) is 1. The van der Waals surface area contributed by atoms with Gasteiger partial charge in [-0.15, -0.1) is 0 Å². The molecule has 0 radical (unpaired) electrons. The van der Waals surface area contributed by atoms with Crippen molar-refractivity contribution in [2.75, 3.05) is 0 Å². The first kappa shape index (κ1) is 9.41. The van der Waals surface area contributed by atoms with Crippen molar-refractivity contribution >= 4 is 17.8 Å². The smallest absolute Gasteiger partial charge is 0.304 e. The number of hydrogen-bond donors (Lipinski definition) is 3. The number of primary amides is 2. The van der Waals surface area contributed by atoms with Gasteiger partial charge in [-0.1, -0.05) is 0 Å². The van der Waals surface area contributed by atoms with Crippen molar-refractivity contribution in [3.05, 3.63) is 0 Å². The first-order valence-electron chi connectivity index (χ1n) is 2.75. The van der Waals surface area contributed by atoms with Crippen molar-refractivity contribution < 1.29 is 19.5 Å². The zero-order valence-electron chi connectivity index (χ0n) is 5.61. The molecule has 0 heterocycles. The fraction of sp³-hybridized carbons (Fsp3) is 0.400. The first-order chi connectivity index (χ1) is 4.95. The van der Waals surface area contributed by atoms with Gasteiger partial charge >= 0.3 is 5.97 Å². The molecule has 0 bridgehead atoms. The molecule has 5 N–H and O–H groups in total. The number of carbonyl (C=O) groups excluding carboxylic acids is 2. The largest absolute Gasteiger partial charge is 0.481 e. The minimum Gasteiger partial charge on any atom is -0.481 e. The molecule has 0 aromatic carbocycles. The van der Waals surface area contributed by atoms with E-state index in [0.29, 0.717) is 0 Å². The molecule has 0 aliphatic carbocycles. The zero-order chi connectivity index (χ0) is 9.02. The van der Waals surface area contributed by atoms with Gasteiger partial charge in [0.15, 0.2) is 0 Å². The van der Waals surface area contributed by atoms with Gasteiger partial charge in [0.1, 0.15) is 5.92 Å². The fourth-order valence-corrected chi connectivity index (χ4v) is 0.516. The van der Waals surface area contributed by atoms with Crippen molar-refractivity contribution in [3.8, 4) is 0 Å². The average molecular weight is 160 g/mol. The summed E-state index contributed by atoms with van der Waals surface area (Å²) in [6, 6.07) is 0. The molecular formula is C5H8N2O4. The second kappa shape index (κ2) is 3.55. The number of aliphatic carboxylic acids is 1. The number of carboxylic acids is 1. The Morgan fingerprint density at radius 1 is 1.18 bits per heavy atom. The lowest BCUT2D eigenvalue weighted by Crippen LogP contribution is -2.36. The van der Waals surface area contributed by atoms with E-state index in [2.05, 4.69) is 11.5 Å². The van der Waals surface area contributed by atoms with Gasteiger partial charge in [-0.3, -0.25) is 14.4 Å². The van der Waals surface area contributed by atoms with Crippen molar-refractivity contribution in [3.63, 3.8) is 0 Å². The number of rotatable bonds is 4. The number of amides is 2. The number of nitrogens with two attached hydrogens (primary N) is 2. The highest BCUT2D eigenvalue weighted by atomic mass is 16.4. The third kappa shape index (κ3) is 3.19. The SMILES string of the molecule is NC(=O)C(CC(=O)O)C(N)=O. The normalized spacial score (nSPS) is 9.55. The van der Waals surface area contributed by atoms with E-state index >= 15 is 0 Å². The molecule has 0 aliphatic rings. The Bertz CT molecular complexity index is 187. The van der Waals surface area contributed by atoms with Crippen molar-refractivity contribution in [2.45, 2.75) is 6.42 Å². The monoisotopic (exact) mass is 160 g/mol. The maximum absolute atomic E-state index is 10.3. The molecule has 0 saturated heterocycles. The van der Waals surface area contributed by atoms with Crippen LogP contribution in [0.5, 0.6) is 0 Å². The molecule has 6 heteroatoms. The molecule has 0 fully saturated rings. The van der Waals surface area contributed by atoms with E-state index in [9.17, 15) is 14.4 Å². The van der Waals surface area contributed by atoms with Crippen molar-refractivity contribution in [1.82, 2.24) is 0 Å². The van der Waals surface area contributed by atoms with E-state index in [1.54, 1.807) is 0 Å². The Kier molecular flexibility index (Phi) is 3.03. The maximum Gasteiger partial charge on any atom is 0.304 e. The lowest BCUT2D eigenvalue weighted by Gasteiger charge is -2.03. The highest BCUT2D eigenvalue weighted by molar-refractivity contribution is 6.01. The van der Waals surface area contributed by atoms with E-state index in [-0.39, 0.29) is 0 Å². The summed E-state index contributed by atoms with van der Waals surface area (Å²) in [4.78, 5) is 30.7. The standard InChI is InChI=1S/C5H8N2O4/c6-4(10)2(5(7)11)1-3(8)9/h2H,1H2,(H2,6,10)(H2,7,11)(H,8,9). The lowest BCUT2D eigenvalue weighted by molar-refractivity contribution is -0.144. The van der Waals surface area contributed by atoms with Gasteiger partial charge in [0.05, 0.1) is 6.42 Å². The van der Waals surface area contributed by atoms with Crippen molar-refractivity contribution in [1.29, 1.82) is 0 Å². The highest BCUT2D eigenvalue weighted by Gasteiger charge is 2.24. The van der Waals surface area contributed by atoms with E-state index in [1.165, 1.54) is 0 Å². The lowest BCUT2D eigenvalue weighted by atomic mass is 10.1. The quantitative estimate of drug-likeness (QED) is 0.413. The molecule has 0 aromatic rings. The molecule has 6 nitrogen and oxygen atoms in total. The van der Waals surface area contributed by atoms with E-state index < -0.39 is 30.1 Å². The molecule has 62 valence electrons. The molecule has 0 unspecified atom stereocenters. The highest BCUT2D eigenvalue weighted by Crippen LogP contribution is 2.00. The van der Waals surface area contributed by atoms with Gasteiger partial charge in [0.25, 0.3) is 0 Å². The van der Waals surface area contributed by atoms with Crippen LogP contribution in [0.15, 0.2) is 0 Å². The van der Waals surface area contributed by atoms with Crippen LogP contribution < -0.4 is 11.5 Å². The van der Waals surface area contributed by atoms with E-state index in [0.717, 1.165) is 0 Å². The summed E-state index contributed by atoms with van der Waals surface area (Å²) < 4.78 is 0. The summed E-state index contributed by atoms with van der Waals surface area (Å²) in [5, 5.41) is 8.17. The second-order valence-electron chi connectivity index (χ2n) is 1.96. The second-order valence-corrected chi connectivity index (χ2v) is 1.96. The zero-order valence-corrected chi connectivity index (χ0v) is 5.61. The molecule has 0 atom stereocenters. The molecule has 0 spiro atoms. The van der Waals surface area contributed by atoms with Gasteiger partial charge in [0, 0.05) is 0 Å². The Labute approximate surface area is 62.2 Å². The van der Waals surface area contributed by atoms with E-state index in [1.807, 2.05) is 0 Å². The van der Waals surface area contributed by atoms with Crippen molar-refractivity contribution in [2.24, 2.45) is 17.4 Å². The third-order valence-electron chi connectivity index (χ3n) is 1.07. The molecule has 0 saturated carbocycles. The summed E-state index contributed by atoms with van der Waals surface area (Å²) in [6.07, 6.45) is -0.648. The van der Waals surface area contributed by atoms with Crippen LogP contribution in [0.3, 0.4) is 0 Å². The number of hydrogen-bond acceptors (Lipinski definition) is 3. The summed E-state index contributed by atoms with van der Waals surface area (Å²) in [7, 11) is 0. The first-order valence-corrected chi connectivity index (χ1v) is 2.75. The average Bonchev–Trinajstić information content (AvgIpc) is 1.81. The van der Waals surface area contributed by atoms with Crippen LogP contribution in [0.2, 0.25) is 0 Å². The summed E-state index contributed by atoms with van der Waals surface area (Å²) in [6.45, 7) is 0. The molecule has 0 aromatic heterocycles. The minimum absolute atomic E-state index is 0.648. The Morgan fingerprint density at radius 2 is 1.55 bits per heavy atom. The Balaban J connectivity index is 4.23. The Hall–Kier alpha value is -1.59. The van der Waals surface area contributed by atoms with Gasteiger partial charge in [-0.2, -0.15) is 0 Å². The summed E-state index contributed by atoms with van der Waals surface area (Å²) in [5.41, 5.74) is 9.37. The van der Waals surface area contributed by atoms with Gasteiger partial charge in [-0.05, 0) is 0 Å². The number of carbonyl (C=O) groups is 3. The predicted octanol–water partition coefficient (Wildman–Crippen LogP) is -1.95. The maximum atomic E-state index is 10.3. The predicted molar refractivity (Wildman–Crippen MR) is 34.1 cm³/mol. The van der Waals surface area contributed by atoms with Crippen LogP contribution in [0.1, 0.15) is 6.42 Å². The van der Waals surface area contributed by atoms with Gasteiger partial charge < -0.3 is 16.6 Å². The van der Waals surface area contributed by atoms with Crippen LogP contribution in [0.25, 0.3) is 0 Å². The third-order valence-corrected chi connectivity index (χ3v) is 1.07. The molecule has 0 aliphatic heterocycles. The van der Waals surface area contributed by atoms with Crippen LogP contribution in [-0.4, -0.2) is 22.9 Å². The molecule has 11 heavy (non-hydrogen) atoms. The molecule has 0 rings (SSSR count). The fourth-order valence-electron chi connectivity index (χ4n) is 0.516. The van der Waals surface area contributed by atoms with Crippen LogP contribution in [0, 0.1) is 5.92 Å². The van der Waals surface area contributed by atoms with E-state index in [4.69, 9.17) is 5.11 Å². The minimum atomic E-state index is -1.41. The Morgan fingerprint density at radius 3 is 1.64 bits per heavy atom. The molecule has 2 amide bonds. The van der Waals surface area contributed by atoms with Crippen LogP contribution >= 0.6 is 0 Å². The van der Waals surface area contributed by atoms with Crippen LogP contribution in [-0.2, 0) is 14.4 Å². The van der Waals surface area contributed by atoms with Gasteiger partial charge in [0.2, 0.25) is 11.8 Å². The van der Waals surface area contributed by atoms with Crippen LogP contribution in [0.4, 0.5) is 0 Å².